The Bertz CT molecular complexity index is 1320. The van der Waals surface area contributed by atoms with E-state index in [1.807, 2.05) is 37.4 Å². The predicted molar refractivity (Wildman–Crippen MR) is 119 cm³/mol. The molecule has 4 aromatic rings. The first-order chi connectivity index (χ1) is 15.6. The lowest BCUT2D eigenvalue weighted by atomic mass is 10.2. The average molecular weight is 430 g/mol. The molecule has 0 radical (unpaired) electrons. The van der Waals surface area contributed by atoms with E-state index in [0.29, 0.717) is 42.9 Å². The number of benzene rings is 1. The highest BCUT2D eigenvalue weighted by Crippen LogP contribution is 2.14. The molecular weight excluding hydrogens is 408 g/mol. The molecule has 10 nitrogen and oxygen atoms in total. The van der Waals surface area contributed by atoms with Gasteiger partial charge >= 0.3 is 0 Å². The summed E-state index contributed by atoms with van der Waals surface area (Å²) in [4.78, 5) is 33.6. The van der Waals surface area contributed by atoms with E-state index in [1.165, 1.54) is 10.9 Å². The summed E-state index contributed by atoms with van der Waals surface area (Å²) in [7, 11) is 0. The minimum Gasteiger partial charge on any atom is -0.352 e. The van der Waals surface area contributed by atoms with Gasteiger partial charge in [-0.1, -0.05) is 12.1 Å². The number of carbonyl (C=O) groups excluding carboxylic acids is 1. The number of fused-ring (bicyclic) bond motifs is 1. The molecule has 1 saturated heterocycles. The summed E-state index contributed by atoms with van der Waals surface area (Å²) in [6, 6.07) is 12.8. The van der Waals surface area contributed by atoms with Crippen LogP contribution in [0.5, 0.6) is 0 Å². The molecule has 1 fully saturated rings. The summed E-state index contributed by atoms with van der Waals surface area (Å²) in [5.74, 6) is 1.32. The molecule has 0 atom stereocenters. The molecule has 10 heteroatoms. The lowest BCUT2D eigenvalue weighted by Crippen LogP contribution is -2.50. The molecular formula is C22H22N8O2. The van der Waals surface area contributed by atoms with Crippen LogP contribution >= 0.6 is 0 Å². The van der Waals surface area contributed by atoms with Crippen molar-refractivity contribution in [1.29, 1.82) is 0 Å². The summed E-state index contributed by atoms with van der Waals surface area (Å²) in [5.41, 5.74) is 1.34. The maximum Gasteiger partial charge on any atom is 0.261 e. The molecule has 1 aliphatic rings. The van der Waals surface area contributed by atoms with Gasteiger partial charge in [0.25, 0.3) is 5.56 Å². The predicted octanol–water partition coefficient (Wildman–Crippen LogP) is 1.03. The van der Waals surface area contributed by atoms with Crippen LogP contribution in [0.1, 0.15) is 5.69 Å². The van der Waals surface area contributed by atoms with Crippen LogP contribution < -0.4 is 10.5 Å². The third-order valence-corrected chi connectivity index (χ3v) is 5.59. The van der Waals surface area contributed by atoms with E-state index >= 15 is 0 Å². The second-order valence-corrected chi connectivity index (χ2v) is 7.71. The topological polar surface area (TPSA) is 102 Å². The minimum atomic E-state index is -0.203. The van der Waals surface area contributed by atoms with Gasteiger partial charge in [-0.2, -0.15) is 5.10 Å². The SMILES string of the molecule is Cc1ccn(-c2ccc(N3CCN(C(=O)Cn4cnc5ccccc5c4=O)CC3)nn2)n1. The summed E-state index contributed by atoms with van der Waals surface area (Å²) in [6.45, 7) is 4.30. The van der Waals surface area contributed by atoms with Gasteiger partial charge in [0, 0.05) is 32.4 Å². The molecule has 0 N–H and O–H groups in total. The van der Waals surface area contributed by atoms with Gasteiger partial charge < -0.3 is 9.80 Å². The number of hydrogen-bond donors (Lipinski definition) is 0. The van der Waals surface area contributed by atoms with Crippen LogP contribution in [0.3, 0.4) is 0 Å². The number of para-hydroxylation sites is 1. The summed E-state index contributed by atoms with van der Waals surface area (Å²) >= 11 is 0. The van der Waals surface area contributed by atoms with Crippen molar-refractivity contribution in [2.24, 2.45) is 0 Å². The molecule has 3 aromatic heterocycles. The van der Waals surface area contributed by atoms with Gasteiger partial charge in [-0.3, -0.25) is 14.2 Å². The first-order valence-electron chi connectivity index (χ1n) is 10.4. The molecule has 4 heterocycles. The minimum absolute atomic E-state index is 0.0194. The van der Waals surface area contributed by atoms with Crippen molar-refractivity contribution in [3.63, 3.8) is 0 Å². The number of amides is 1. The molecule has 32 heavy (non-hydrogen) atoms. The highest BCUT2D eigenvalue weighted by Gasteiger charge is 2.23. The van der Waals surface area contributed by atoms with Crippen molar-refractivity contribution < 1.29 is 4.79 Å². The van der Waals surface area contributed by atoms with Crippen LogP contribution in [-0.4, -0.2) is 66.5 Å². The number of aromatic nitrogens is 6. The van der Waals surface area contributed by atoms with Crippen LogP contribution in [0.25, 0.3) is 16.7 Å². The van der Waals surface area contributed by atoms with E-state index in [4.69, 9.17) is 0 Å². The number of carbonyl (C=O) groups is 1. The fourth-order valence-electron chi connectivity index (χ4n) is 3.80. The average Bonchev–Trinajstić information content (AvgIpc) is 3.27. The Balaban J connectivity index is 1.21. The quantitative estimate of drug-likeness (QED) is 0.476. The number of piperazine rings is 1. The van der Waals surface area contributed by atoms with E-state index in [9.17, 15) is 9.59 Å². The largest absolute Gasteiger partial charge is 0.352 e. The third kappa shape index (κ3) is 3.82. The summed E-state index contributed by atoms with van der Waals surface area (Å²) < 4.78 is 3.06. The van der Waals surface area contributed by atoms with Crippen molar-refractivity contribution >= 4 is 22.6 Å². The van der Waals surface area contributed by atoms with Gasteiger partial charge in [-0.05, 0) is 37.3 Å². The first kappa shape index (κ1) is 19.9. The molecule has 0 spiro atoms. The van der Waals surface area contributed by atoms with Crippen molar-refractivity contribution in [2.45, 2.75) is 13.5 Å². The first-order valence-corrected chi connectivity index (χ1v) is 10.4. The fraction of sp³-hybridized carbons (Fsp3) is 0.273. The standard InChI is InChI=1S/C22H22N8O2/c1-16-8-9-30(26-16)20-7-6-19(24-25-20)27-10-12-28(13-11-27)21(31)14-29-15-23-18-5-3-2-4-17(18)22(29)32/h2-9,15H,10-14H2,1H3. The fourth-order valence-corrected chi connectivity index (χ4v) is 3.80. The Morgan fingerprint density at radius 1 is 0.969 bits per heavy atom. The number of nitrogens with zero attached hydrogens (tertiary/aromatic N) is 8. The second kappa shape index (κ2) is 8.22. The van der Waals surface area contributed by atoms with Gasteiger partial charge in [-0.25, -0.2) is 9.67 Å². The van der Waals surface area contributed by atoms with Gasteiger partial charge in [-0.15, -0.1) is 10.2 Å². The molecule has 0 unspecified atom stereocenters. The van der Waals surface area contributed by atoms with Crippen LogP contribution in [0.15, 0.2) is 59.8 Å². The van der Waals surface area contributed by atoms with Gasteiger partial charge in [0.1, 0.15) is 6.54 Å². The molecule has 1 aromatic carbocycles. The van der Waals surface area contributed by atoms with Crippen LogP contribution in [0.2, 0.25) is 0 Å². The highest BCUT2D eigenvalue weighted by molar-refractivity contribution is 5.79. The maximum absolute atomic E-state index is 12.8. The lowest BCUT2D eigenvalue weighted by molar-refractivity contribution is -0.132. The Kier molecular flexibility index (Phi) is 5.10. The van der Waals surface area contributed by atoms with Gasteiger partial charge in [0.15, 0.2) is 11.6 Å². The zero-order chi connectivity index (χ0) is 22.1. The van der Waals surface area contributed by atoms with Gasteiger partial charge in [0.05, 0.1) is 22.9 Å². The van der Waals surface area contributed by atoms with E-state index < -0.39 is 0 Å². The summed E-state index contributed by atoms with van der Waals surface area (Å²) in [6.07, 6.45) is 3.29. The molecule has 0 aliphatic carbocycles. The van der Waals surface area contributed by atoms with E-state index in [-0.39, 0.29) is 18.0 Å². The molecule has 0 saturated carbocycles. The Labute approximate surface area is 183 Å². The molecule has 1 aliphatic heterocycles. The van der Waals surface area contributed by atoms with Crippen LogP contribution in [0, 0.1) is 6.92 Å². The smallest absolute Gasteiger partial charge is 0.261 e. The van der Waals surface area contributed by atoms with Crippen LogP contribution in [0.4, 0.5) is 5.82 Å². The molecule has 1 amide bonds. The van der Waals surface area contributed by atoms with E-state index in [1.54, 1.807) is 27.8 Å². The lowest BCUT2D eigenvalue weighted by Gasteiger charge is -2.35. The number of anilines is 1. The maximum atomic E-state index is 12.8. The third-order valence-electron chi connectivity index (χ3n) is 5.59. The van der Waals surface area contributed by atoms with Crippen molar-refractivity contribution in [1.82, 2.24) is 34.4 Å². The zero-order valence-electron chi connectivity index (χ0n) is 17.6. The number of hydrogen-bond acceptors (Lipinski definition) is 7. The zero-order valence-corrected chi connectivity index (χ0v) is 17.6. The van der Waals surface area contributed by atoms with Crippen molar-refractivity contribution in [3.8, 4) is 5.82 Å². The Morgan fingerprint density at radius 2 is 1.72 bits per heavy atom. The number of rotatable bonds is 4. The van der Waals surface area contributed by atoms with Crippen LogP contribution in [-0.2, 0) is 11.3 Å². The normalized spacial score (nSPS) is 14.2. The Morgan fingerprint density at radius 3 is 2.44 bits per heavy atom. The summed E-state index contributed by atoms with van der Waals surface area (Å²) in [5, 5.41) is 13.4. The van der Waals surface area contributed by atoms with E-state index in [0.717, 1.165) is 11.5 Å². The molecule has 5 rings (SSSR count). The molecule has 162 valence electrons. The van der Waals surface area contributed by atoms with E-state index in [2.05, 4.69) is 25.2 Å². The van der Waals surface area contributed by atoms with Crippen molar-refractivity contribution in [3.05, 3.63) is 71.0 Å². The van der Waals surface area contributed by atoms with Gasteiger partial charge in [0.2, 0.25) is 5.91 Å². The Hall–Kier alpha value is -4.08. The highest BCUT2D eigenvalue weighted by atomic mass is 16.2. The molecule has 0 bridgehead atoms. The second-order valence-electron chi connectivity index (χ2n) is 7.71. The number of aryl methyl sites for hydroxylation is 1. The monoisotopic (exact) mass is 430 g/mol. The van der Waals surface area contributed by atoms with Crippen molar-refractivity contribution in [2.75, 3.05) is 31.1 Å².